The Hall–Kier alpha value is 0.380. The van der Waals surface area contributed by atoms with Crippen LogP contribution in [0.5, 0.6) is 0 Å². The maximum atomic E-state index is 11.4. The lowest BCUT2D eigenvalue weighted by atomic mass is 10.1. The standard InChI is InChI=1S/C7H15O6PS/c1-4-6(9)7(5(3-8)12-4)13-14(10,15)11-2/h4-9H,3H2,1-2H3,(H,10,15)/t4-,5+,6+,7?,14?/m0/s1. The van der Waals surface area contributed by atoms with Crippen LogP contribution in [-0.4, -0.2) is 48.3 Å². The number of hydrogen-bond acceptors (Lipinski definition) is 6. The molecule has 0 aromatic carbocycles. The van der Waals surface area contributed by atoms with Gasteiger partial charge in [0, 0.05) is 7.11 Å². The molecule has 8 heteroatoms. The molecule has 1 rings (SSSR count). The van der Waals surface area contributed by atoms with Gasteiger partial charge in [-0.3, -0.25) is 4.52 Å². The number of aliphatic hydroxyl groups is 2. The summed E-state index contributed by atoms with van der Waals surface area (Å²) in [5.74, 6) is 0. The van der Waals surface area contributed by atoms with Crippen molar-refractivity contribution in [2.24, 2.45) is 0 Å². The van der Waals surface area contributed by atoms with Crippen molar-refractivity contribution in [3.63, 3.8) is 0 Å². The van der Waals surface area contributed by atoms with Crippen molar-refractivity contribution in [3.05, 3.63) is 0 Å². The lowest BCUT2D eigenvalue weighted by Gasteiger charge is -2.21. The van der Waals surface area contributed by atoms with Crippen LogP contribution in [0, 0.1) is 0 Å². The van der Waals surface area contributed by atoms with Gasteiger partial charge < -0.3 is 19.5 Å². The molecule has 90 valence electrons. The fraction of sp³-hybridized carbons (Fsp3) is 1.00. The highest BCUT2D eigenvalue weighted by Gasteiger charge is 2.45. The summed E-state index contributed by atoms with van der Waals surface area (Å²) in [6.45, 7) is -2.19. The van der Waals surface area contributed by atoms with Gasteiger partial charge in [0.25, 0.3) is 0 Å². The molecule has 1 aliphatic rings. The Morgan fingerprint density at radius 3 is 2.67 bits per heavy atom. The van der Waals surface area contributed by atoms with Gasteiger partial charge in [0.1, 0.15) is 18.3 Å². The van der Waals surface area contributed by atoms with E-state index in [1.54, 1.807) is 6.92 Å². The Bertz CT molecular complexity index is 262. The first kappa shape index (κ1) is 13.4. The summed E-state index contributed by atoms with van der Waals surface area (Å²) >= 11 is 3.67. The molecule has 6 nitrogen and oxygen atoms in total. The SMILES string of the molecule is COP(=O)(S)OC1[C@@H](CO)O[C@@H](C)[C@H]1O. The molecule has 0 aromatic rings. The van der Waals surface area contributed by atoms with Gasteiger partial charge in [0.2, 0.25) is 0 Å². The zero-order valence-corrected chi connectivity index (χ0v) is 10.2. The molecule has 1 aliphatic heterocycles. The highest BCUT2D eigenvalue weighted by molar-refractivity contribution is 8.44. The Labute approximate surface area is 93.2 Å². The van der Waals surface area contributed by atoms with E-state index in [1.165, 1.54) is 7.11 Å². The fourth-order valence-electron chi connectivity index (χ4n) is 1.39. The van der Waals surface area contributed by atoms with E-state index in [-0.39, 0.29) is 6.61 Å². The summed E-state index contributed by atoms with van der Waals surface area (Å²) in [5.41, 5.74) is 0. The van der Waals surface area contributed by atoms with Crippen LogP contribution < -0.4 is 0 Å². The minimum atomic E-state index is -3.49. The third kappa shape index (κ3) is 3.17. The van der Waals surface area contributed by atoms with Gasteiger partial charge in [-0.25, -0.2) is 4.57 Å². The molecule has 1 fully saturated rings. The Morgan fingerprint density at radius 1 is 1.60 bits per heavy atom. The summed E-state index contributed by atoms with van der Waals surface area (Å²) in [6.07, 6.45) is -3.06. The van der Waals surface area contributed by atoms with E-state index in [0.717, 1.165) is 0 Å². The molecule has 2 unspecified atom stereocenters. The van der Waals surface area contributed by atoms with Crippen LogP contribution in [-0.2, 0) is 18.3 Å². The monoisotopic (exact) mass is 258 g/mol. The minimum absolute atomic E-state index is 0.330. The van der Waals surface area contributed by atoms with Gasteiger partial charge in [-0.15, -0.1) is 0 Å². The molecule has 0 saturated carbocycles. The van der Waals surface area contributed by atoms with Crippen molar-refractivity contribution in [1.29, 1.82) is 0 Å². The molecule has 0 radical (unpaired) electrons. The fourth-order valence-corrected chi connectivity index (χ4v) is 2.38. The normalized spacial score (nSPS) is 40.3. The Morgan fingerprint density at radius 2 is 2.20 bits per heavy atom. The lowest BCUT2D eigenvalue weighted by Crippen LogP contribution is -2.35. The predicted molar refractivity (Wildman–Crippen MR) is 55.9 cm³/mol. The first-order valence-electron chi connectivity index (χ1n) is 4.42. The van der Waals surface area contributed by atoms with Gasteiger partial charge in [0.15, 0.2) is 0 Å². The van der Waals surface area contributed by atoms with E-state index in [9.17, 15) is 9.67 Å². The van der Waals surface area contributed by atoms with Crippen molar-refractivity contribution in [1.82, 2.24) is 0 Å². The maximum absolute atomic E-state index is 11.4. The molecule has 0 bridgehead atoms. The summed E-state index contributed by atoms with van der Waals surface area (Å²) in [4.78, 5) is 0. The summed E-state index contributed by atoms with van der Waals surface area (Å²) < 4.78 is 26.1. The number of aliphatic hydroxyl groups excluding tert-OH is 2. The second-order valence-electron chi connectivity index (χ2n) is 3.27. The van der Waals surface area contributed by atoms with E-state index in [1.807, 2.05) is 0 Å². The maximum Gasteiger partial charge on any atom is 0.386 e. The molecule has 0 aliphatic carbocycles. The van der Waals surface area contributed by atoms with E-state index in [4.69, 9.17) is 14.4 Å². The van der Waals surface area contributed by atoms with E-state index in [2.05, 4.69) is 16.8 Å². The van der Waals surface area contributed by atoms with Crippen LogP contribution in [0.15, 0.2) is 0 Å². The molecule has 0 amide bonds. The van der Waals surface area contributed by atoms with Crippen LogP contribution in [0.4, 0.5) is 0 Å². The summed E-state index contributed by atoms with van der Waals surface area (Å²) in [5, 5.41) is 18.6. The zero-order valence-electron chi connectivity index (χ0n) is 8.44. The summed E-state index contributed by atoms with van der Waals surface area (Å²) in [7, 11) is 1.19. The van der Waals surface area contributed by atoms with Crippen LogP contribution in [0.2, 0.25) is 0 Å². The van der Waals surface area contributed by atoms with Crippen molar-refractivity contribution in [2.45, 2.75) is 31.3 Å². The van der Waals surface area contributed by atoms with Crippen LogP contribution in [0.3, 0.4) is 0 Å². The average Bonchev–Trinajstić information content (AvgIpc) is 2.45. The van der Waals surface area contributed by atoms with Crippen LogP contribution >= 0.6 is 19.0 Å². The number of ether oxygens (including phenoxy) is 1. The first-order chi connectivity index (χ1) is 6.91. The van der Waals surface area contributed by atoms with E-state index < -0.39 is 31.2 Å². The van der Waals surface area contributed by atoms with Gasteiger partial charge in [0.05, 0.1) is 12.7 Å². The predicted octanol–water partition coefficient (Wildman–Crippen LogP) is 0.196. The molecule has 1 saturated heterocycles. The largest absolute Gasteiger partial charge is 0.394 e. The lowest BCUT2D eigenvalue weighted by molar-refractivity contribution is -0.0124. The zero-order chi connectivity index (χ0) is 11.6. The van der Waals surface area contributed by atoms with Gasteiger partial charge in [-0.05, 0) is 6.92 Å². The van der Waals surface area contributed by atoms with Crippen molar-refractivity contribution in [2.75, 3.05) is 13.7 Å². The molecular formula is C7H15O6PS. The van der Waals surface area contributed by atoms with Crippen LogP contribution in [0.1, 0.15) is 6.92 Å². The van der Waals surface area contributed by atoms with Crippen molar-refractivity contribution >= 4 is 19.0 Å². The molecule has 0 spiro atoms. The highest BCUT2D eigenvalue weighted by Crippen LogP contribution is 2.54. The minimum Gasteiger partial charge on any atom is -0.394 e. The number of hydrogen-bond donors (Lipinski definition) is 3. The van der Waals surface area contributed by atoms with Crippen molar-refractivity contribution in [3.8, 4) is 0 Å². The topological polar surface area (TPSA) is 85.2 Å². The second kappa shape index (κ2) is 5.14. The summed E-state index contributed by atoms with van der Waals surface area (Å²) in [6, 6.07) is 0. The third-order valence-corrected chi connectivity index (χ3v) is 3.98. The van der Waals surface area contributed by atoms with Gasteiger partial charge in [-0.2, -0.15) is 0 Å². The second-order valence-corrected chi connectivity index (χ2v) is 6.26. The Balaban J connectivity index is 2.70. The molecule has 5 atom stereocenters. The molecular weight excluding hydrogens is 243 g/mol. The Kier molecular flexibility index (Phi) is 4.61. The number of thiol groups is 1. The first-order valence-corrected chi connectivity index (χ1v) is 7.12. The smallest absolute Gasteiger partial charge is 0.386 e. The highest BCUT2D eigenvalue weighted by atomic mass is 32.7. The third-order valence-electron chi connectivity index (χ3n) is 2.24. The van der Waals surface area contributed by atoms with Gasteiger partial charge >= 0.3 is 6.80 Å². The molecule has 0 aromatic heterocycles. The molecule has 2 N–H and O–H groups in total. The molecule has 1 heterocycles. The molecule has 15 heavy (non-hydrogen) atoms. The van der Waals surface area contributed by atoms with E-state index >= 15 is 0 Å². The quantitative estimate of drug-likeness (QED) is 0.493. The van der Waals surface area contributed by atoms with Gasteiger partial charge in [-0.1, -0.05) is 12.2 Å². The van der Waals surface area contributed by atoms with Crippen LogP contribution in [0.25, 0.3) is 0 Å². The number of rotatable bonds is 4. The average molecular weight is 258 g/mol. The van der Waals surface area contributed by atoms with E-state index in [0.29, 0.717) is 0 Å². The van der Waals surface area contributed by atoms with Crippen molar-refractivity contribution < 1.29 is 28.6 Å².